The third-order valence-corrected chi connectivity index (χ3v) is 4.55. The Morgan fingerprint density at radius 1 is 0.968 bits per heavy atom. The molecule has 0 bridgehead atoms. The number of ether oxygens (including phenoxy) is 1. The monoisotopic (exact) mass is 420 g/mol. The molecule has 8 heteroatoms. The number of carbonyl (C=O) groups excluding carboxylic acids is 1. The number of nitrogens with zero attached hydrogens (tertiary/aromatic N) is 2. The zero-order valence-electron chi connectivity index (χ0n) is 18.2. The summed E-state index contributed by atoms with van der Waals surface area (Å²) in [7, 11) is 1.61. The van der Waals surface area contributed by atoms with Crippen molar-refractivity contribution >= 4 is 29.2 Å². The molecule has 8 nitrogen and oxygen atoms in total. The van der Waals surface area contributed by atoms with Gasteiger partial charge in [-0.15, -0.1) is 0 Å². The van der Waals surface area contributed by atoms with Crippen molar-refractivity contribution in [1.29, 1.82) is 0 Å². The minimum absolute atomic E-state index is 0.276. The van der Waals surface area contributed by atoms with E-state index in [9.17, 15) is 4.79 Å². The Kier molecular flexibility index (Phi) is 7.26. The molecule has 1 aromatic heterocycles. The number of aromatic nitrogens is 2. The molecule has 4 N–H and O–H groups in total. The lowest BCUT2D eigenvalue weighted by Crippen LogP contribution is -2.33. The van der Waals surface area contributed by atoms with Crippen molar-refractivity contribution in [2.75, 3.05) is 36.1 Å². The molecular formula is C23H28N6O2. The number of rotatable bonds is 8. The van der Waals surface area contributed by atoms with Crippen LogP contribution in [0.15, 0.2) is 48.5 Å². The smallest absolute Gasteiger partial charge is 0.319 e. The maximum absolute atomic E-state index is 12.1. The van der Waals surface area contributed by atoms with Gasteiger partial charge in [0.2, 0.25) is 5.95 Å². The quantitative estimate of drug-likeness (QED) is 0.403. The Morgan fingerprint density at radius 3 is 2.45 bits per heavy atom. The molecule has 1 heterocycles. The molecule has 0 saturated carbocycles. The van der Waals surface area contributed by atoms with Crippen LogP contribution in [0.5, 0.6) is 5.75 Å². The zero-order chi connectivity index (χ0) is 22.2. The lowest BCUT2D eigenvalue weighted by atomic mass is 10.2. The molecule has 162 valence electrons. The van der Waals surface area contributed by atoms with E-state index in [1.165, 1.54) is 5.56 Å². The third kappa shape index (κ3) is 6.60. The van der Waals surface area contributed by atoms with Crippen LogP contribution in [0.4, 0.5) is 27.9 Å². The van der Waals surface area contributed by atoms with Crippen molar-refractivity contribution in [3.8, 4) is 5.75 Å². The van der Waals surface area contributed by atoms with E-state index in [2.05, 4.69) is 31.2 Å². The van der Waals surface area contributed by atoms with E-state index in [0.29, 0.717) is 24.9 Å². The van der Waals surface area contributed by atoms with Gasteiger partial charge in [-0.1, -0.05) is 17.7 Å². The van der Waals surface area contributed by atoms with Crippen molar-refractivity contribution in [3.05, 3.63) is 65.4 Å². The average Bonchev–Trinajstić information content (AvgIpc) is 2.74. The highest BCUT2D eigenvalue weighted by Gasteiger charge is 2.06. The molecule has 0 aliphatic carbocycles. The minimum Gasteiger partial charge on any atom is -0.497 e. The molecule has 2 amide bonds. The highest BCUT2D eigenvalue weighted by Crippen LogP contribution is 2.21. The fourth-order valence-corrected chi connectivity index (χ4v) is 2.92. The lowest BCUT2D eigenvalue weighted by Gasteiger charge is -2.12. The lowest BCUT2D eigenvalue weighted by molar-refractivity contribution is 0.252. The van der Waals surface area contributed by atoms with Gasteiger partial charge in [0.25, 0.3) is 0 Å². The standard InChI is InChI=1S/C23H28N6O2/c1-15-5-7-18(8-6-15)27-21-14-17(3)26-22(29-21)24-11-12-25-23(30)28-20-10-9-19(31-4)13-16(20)2/h5-10,13-14H,11-12H2,1-4H3,(H2,25,28,30)(H2,24,26,27,29). The molecule has 0 atom stereocenters. The number of aryl methyl sites for hydroxylation is 3. The number of urea groups is 1. The third-order valence-electron chi connectivity index (χ3n) is 4.55. The topological polar surface area (TPSA) is 100 Å². The van der Waals surface area contributed by atoms with Crippen LogP contribution in [0.3, 0.4) is 0 Å². The van der Waals surface area contributed by atoms with Crippen LogP contribution in [-0.2, 0) is 0 Å². The first-order valence-corrected chi connectivity index (χ1v) is 10.1. The summed E-state index contributed by atoms with van der Waals surface area (Å²) in [6.07, 6.45) is 0. The Morgan fingerprint density at radius 2 is 1.74 bits per heavy atom. The Labute approximate surface area is 182 Å². The van der Waals surface area contributed by atoms with E-state index in [4.69, 9.17) is 4.74 Å². The van der Waals surface area contributed by atoms with Gasteiger partial charge in [-0.25, -0.2) is 9.78 Å². The van der Waals surface area contributed by atoms with Crippen molar-refractivity contribution in [1.82, 2.24) is 15.3 Å². The molecule has 0 unspecified atom stereocenters. The van der Waals surface area contributed by atoms with Crippen LogP contribution >= 0.6 is 0 Å². The first-order valence-electron chi connectivity index (χ1n) is 10.1. The summed E-state index contributed by atoms with van der Waals surface area (Å²) in [6, 6.07) is 15.2. The predicted octanol–water partition coefficient (Wildman–Crippen LogP) is 4.39. The Balaban J connectivity index is 1.48. The molecule has 3 rings (SSSR count). The number of nitrogens with one attached hydrogen (secondary N) is 4. The van der Waals surface area contributed by atoms with Crippen LogP contribution in [0.1, 0.15) is 16.8 Å². The fraction of sp³-hybridized carbons (Fsp3) is 0.261. The van der Waals surface area contributed by atoms with E-state index in [1.807, 2.05) is 69.3 Å². The van der Waals surface area contributed by atoms with E-state index in [-0.39, 0.29) is 6.03 Å². The Bertz CT molecular complexity index is 1040. The number of carbonyl (C=O) groups is 1. The number of amides is 2. The molecular weight excluding hydrogens is 392 g/mol. The second-order valence-corrected chi connectivity index (χ2v) is 7.20. The number of hydrogen-bond donors (Lipinski definition) is 4. The fourth-order valence-electron chi connectivity index (χ4n) is 2.92. The van der Waals surface area contributed by atoms with Gasteiger partial charge in [-0.3, -0.25) is 0 Å². The van der Waals surface area contributed by atoms with Gasteiger partial charge in [0.15, 0.2) is 0 Å². The van der Waals surface area contributed by atoms with Crippen LogP contribution in [0.25, 0.3) is 0 Å². The van der Waals surface area contributed by atoms with Crippen molar-refractivity contribution in [2.45, 2.75) is 20.8 Å². The number of hydrogen-bond acceptors (Lipinski definition) is 6. The van der Waals surface area contributed by atoms with Gasteiger partial charge in [0.05, 0.1) is 7.11 Å². The molecule has 0 spiro atoms. The maximum Gasteiger partial charge on any atom is 0.319 e. The highest BCUT2D eigenvalue weighted by molar-refractivity contribution is 5.90. The van der Waals surface area contributed by atoms with Crippen LogP contribution in [0, 0.1) is 20.8 Å². The molecule has 0 aliphatic rings. The van der Waals surface area contributed by atoms with Crippen LogP contribution < -0.4 is 26.0 Å². The normalized spacial score (nSPS) is 10.3. The largest absolute Gasteiger partial charge is 0.497 e. The molecule has 31 heavy (non-hydrogen) atoms. The number of methoxy groups -OCH3 is 1. The van der Waals surface area contributed by atoms with E-state index < -0.39 is 0 Å². The van der Waals surface area contributed by atoms with Gasteiger partial charge in [0.1, 0.15) is 11.6 Å². The molecule has 2 aromatic carbocycles. The molecule has 0 aliphatic heterocycles. The average molecular weight is 421 g/mol. The van der Waals surface area contributed by atoms with Crippen molar-refractivity contribution < 1.29 is 9.53 Å². The highest BCUT2D eigenvalue weighted by atomic mass is 16.5. The SMILES string of the molecule is COc1ccc(NC(=O)NCCNc2nc(C)cc(Nc3ccc(C)cc3)n2)c(C)c1. The summed E-state index contributed by atoms with van der Waals surface area (Å²) >= 11 is 0. The molecule has 3 aromatic rings. The van der Waals surface area contributed by atoms with Gasteiger partial charge in [-0.2, -0.15) is 4.98 Å². The second-order valence-electron chi connectivity index (χ2n) is 7.20. The van der Waals surface area contributed by atoms with Gasteiger partial charge in [0, 0.05) is 36.2 Å². The van der Waals surface area contributed by atoms with E-state index >= 15 is 0 Å². The van der Waals surface area contributed by atoms with Crippen molar-refractivity contribution in [3.63, 3.8) is 0 Å². The second kappa shape index (κ2) is 10.3. The summed E-state index contributed by atoms with van der Waals surface area (Å²) in [5, 5.41) is 12.1. The number of benzene rings is 2. The van der Waals surface area contributed by atoms with Gasteiger partial charge >= 0.3 is 6.03 Å². The zero-order valence-corrected chi connectivity index (χ0v) is 18.2. The summed E-state index contributed by atoms with van der Waals surface area (Å²) in [4.78, 5) is 21.0. The maximum atomic E-state index is 12.1. The van der Waals surface area contributed by atoms with Crippen molar-refractivity contribution in [2.24, 2.45) is 0 Å². The summed E-state index contributed by atoms with van der Waals surface area (Å²) in [6.45, 7) is 6.78. The summed E-state index contributed by atoms with van der Waals surface area (Å²) in [5.41, 5.74) is 4.66. The first kappa shape index (κ1) is 21.9. The van der Waals surface area contributed by atoms with Crippen LogP contribution in [-0.4, -0.2) is 36.2 Å². The first-order chi connectivity index (χ1) is 14.9. The molecule has 0 saturated heterocycles. The molecule has 0 fully saturated rings. The van der Waals surface area contributed by atoms with E-state index in [1.54, 1.807) is 7.11 Å². The summed E-state index contributed by atoms with van der Waals surface area (Å²) < 4.78 is 5.18. The van der Waals surface area contributed by atoms with Crippen LogP contribution in [0.2, 0.25) is 0 Å². The van der Waals surface area contributed by atoms with Gasteiger partial charge < -0.3 is 26.0 Å². The number of anilines is 4. The minimum atomic E-state index is -0.276. The van der Waals surface area contributed by atoms with E-state index in [0.717, 1.165) is 28.4 Å². The molecule has 0 radical (unpaired) electrons. The Hall–Kier alpha value is -3.81. The summed E-state index contributed by atoms with van der Waals surface area (Å²) in [5.74, 6) is 1.96. The predicted molar refractivity (Wildman–Crippen MR) is 124 cm³/mol. The van der Waals surface area contributed by atoms with Gasteiger partial charge in [-0.05, 0) is 56.7 Å².